The van der Waals surface area contributed by atoms with Crippen LogP contribution in [0.1, 0.15) is 33.6 Å². The van der Waals surface area contributed by atoms with Crippen LogP contribution in [0.5, 0.6) is 0 Å². The Labute approximate surface area is 178 Å². The SMILES string of the molecule is CC(C)(C)OC(=O)N1CCN(CCNC(=O)Nc2ccc(N3CCCC3)nc2)CC1. The maximum Gasteiger partial charge on any atom is 0.410 e. The summed E-state index contributed by atoms with van der Waals surface area (Å²) in [5.41, 5.74) is 0.205. The van der Waals surface area contributed by atoms with Crippen LogP contribution in [0.15, 0.2) is 18.3 Å². The van der Waals surface area contributed by atoms with Gasteiger partial charge in [-0.25, -0.2) is 14.6 Å². The van der Waals surface area contributed by atoms with Crippen LogP contribution >= 0.6 is 0 Å². The van der Waals surface area contributed by atoms with Crippen LogP contribution in [0.2, 0.25) is 0 Å². The number of amides is 3. The molecule has 1 aromatic heterocycles. The molecule has 2 aliphatic rings. The summed E-state index contributed by atoms with van der Waals surface area (Å²) in [7, 11) is 0. The number of anilines is 2. The normalized spacial score (nSPS) is 17.7. The molecular weight excluding hydrogens is 384 g/mol. The Hall–Kier alpha value is -2.55. The molecule has 3 rings (SSSR count). The number of nitrogens with zero attached hydrogens (tertiary/aromatic N) is 4. The van der Waals surface area contributed by atoms with Crippen molar-refractivity contribution in [3.63, 3.8) is 0 Å². The van der Waals surface area contributed by atoms with Gasteiger partial charge in [0.15, 0.2) is 0 Å². The van der Waals surface area contributed by atoms with Gasteiger partial charge in [-0.2, -0.15) is 0 Å². The van der Waals surface area contributed by atoms with Gasteiger partial charge >= 0.3 is 12.1 Å². The number of hydrogen-bond acceptors (Lipinski definition) is 6. The molecule has 166 valence electrons. The van der Waals surface area contributed by atoms with Crippen molar-refractivity contribution in [3.05, 3.63) is 18.3 Å². The molecule has 30 heavy (non-hydrogen) atoms. The van der Waals surface area contributed by atoms with E-state index in [2.05, 4.69) is 25.4 Å². The van der Waals surface area contributed by atoms with E-state index < -0.39 is 5.60 Å². The summed E-state index contributed by atoms with van der Waals surface area (Å²) in [6, 6.07) is 3.60. The van der Waals surface area contributed by atoms with Gasteiger partial charge in [0, 0.05) is 52.4 Å². The fourth-order valence-electron chi connectivity index (χ4n) is 3.58. The van der Waals surface area contributed by atoms with Crippen LogP contribution in [0, 0.1) is 0 Å². The smallest absolute Gasteiger partial charge is 0.410 e. The second-order valence-corrected chi connectivity index (χ2v) is 8.79. The van der Waals surface area contributed by atoms with Gasteiger partial charge in [0.05, 0.1) is 11.9 Å². The van der Waals surface area contributed by atoms with E-state index in [4.69, 9.17) is 4.74 Å². The summed E-state index contributed by atoms with van der Waals surface area (Å²) in [6.45, 7) is 11.8. The molecule has 0 radical (unpaired) electrons. The third kappa shape index (κ3) is 6.76. The predicted octanol–water partition coefficient (Wildman–Crippen LogP) is 2.36. The van der Waals surface area contributed by atoms with E-state index in [9.17, 15) is 9.59 Å². The van der Waals surface area contributed by atoms with Crippen molar-refractivity contribution in [2.75, 3.05) is 62.6 Å². The number of rotatable bonds is 5. The first-order valence-corrected chi connectivity index (χ1v) is 10.8. The minimum absolute atomic E-state index is 0.238. The number of ether oxygens (including phenoxy) is 1. The molecule has 9 heteroatoms. The number of carbonyl (C=O) groups is 2. The highest BCUT2D eigenvalue weighted by Crippen LogP contribution is 2.19. The molecule has 3 heterocycles. The van der Waals surface area contributed by atoms with Crippen molar-refractivity contribution in [1.29, 1.82) is 0 Å². The number of nitrogens with one attached hydrogen (secondary N) is 2. The number of urea groups is 1. The summed E-state index contributed by atoms with van der Waals surface area (Å²) < 4.78 is 5.41. The fourth-order valence-corrected chi connectivity index (χ4v) is 3.58. The van der Waals surface area contributed by atoms with E-state index in [1.54, 1.807) is 11.1 Å². The van der Waals surface area contributed by atoms with Crippen molar-refractivity contribution >= 4 is 23.6 Å². The molecule has 1 aromatic rings. The van der Waals surface area contributed by atoms with Gasteiger partial charge < -0.3 is 25.2 Å². The Bertz CT molecular complexity index is 704. The first-order chi connectivity index (χ1) is 14.3. The molecule has 2 aliphatic heterocycles. The topological polar surface area (TPSA) is 90.0 Å². The highest BCUT2D eigenvalue weighted by Gasteiger charge is 2.25. The Morgan fingerprint density at radius 2 is 1.77 bits per heavy atom. The number of piperazine rings is 1. The number of carbonyl (C=O) groups excluding carboxylic acids is 2. The average Bonchev–Trinajstić information content (AvgIpc) is 3.22. The summed E-state index contributed by atoms with van der Waals surface area (Å²) in [5, 5.41) is 5.70. The Balaban J connectivity index is 1.32. The number of pyridine rings is 1. The largest absolute Gasteiger partial charge is 0.444 e. The number of aromatic nitrogens is 1. The van der Waals surface area contributed by atoms with Gasteiger partial charge in [0.1, 0.15) is 11.4 Å². The van der Waals surface area contributed by atoms with Crippen molar-refractivity contribution in [1.82, 2.24) is 20.1 Å². The van der Waals surface area contributed by atoms with E-state index in [1.165, 1.54) is 12.8 Å². The third-order valence-corrected chi connectivity index (χ3v) is 5.17. The molecule has 9 nitrogen and oxygen atoms in total. The van der Waals surface area contributed by atoms with E-state index in [1.807, 2.05) is 32.9 Å². The fraction of sp³-hybridized carbons (Fsp3) is 0.667. The molecule has 2 saturated heterocycles. The van der Waals surface area contributed by atoms with Gasteiger partial charge in [-0.3, -0.25) is 4.90 Å². The summed E-state index contributed by atoms with van der Waals surface area (Å²) in [6.07, 6.45) is 3.85. The molecule has 0 atom stereocenters. The molecule has 3 amide bonds. The maximum absolute atomic E-state index is 12.1. The second kappa shape index (κ2) is 9.97. The lowest BCUT2D eigenvalue weighted by Crippen LogP contribution is -2.51. The van der Waals surface area contributed by atoms with Crippen molar-refractivity contribution in [3.8, 4) is 0 Å². The standard InChI is InChI=1S/C21H34N6O3/c1-21(2,3)30-20(29)27-14-12-25(13-15-27)11-8-22-19(28)24-17-6-7-18(23-16-17)26-9-4-5-10-26/h6-7,16H,4-5,8-15H2,1-3H3,(H2,22,24,28). The highest BCUT2D eigenvalue weighted by atomic mass is 16.6. The van der Waals surface area contributed by atoms with Crippen LogP contribution < -0.4 is 15.5 Å². The molecule has 2 N–H and O–H groups in total. The molecule has 0 aromatic carbocycles. The van der Waals surface area contributed by atoms with Gasteiger partial charge in [0.2, 0.25) is 0 Å². The lowest BCUT2D eigenvalue weighted by atomic mass is 10.2. The molecule has 0 unspecified atom stereocenters. The predicted molar refractivity (Wildman–Crippen MR) is 117 cm³/mol. The van der Waals surface area contributed by atoms with Gasteiger partial charge in [-0.05, 0) is 45.7 Å². The second-order valence-electron chi connectivity index (χ2n) is 8.79. The zero-order valence-electron chi connectivity index (χ0n) is 18.3. The van der Waals surface area contributed by atoms with E-state index >= 15 is 0 Å². The molecule has 0 spiro atoms. The van der Waals surface area contributed by atoms with Gasteiger partial charge in [-0.15, -0.1) is 0 Å². The van der Waals surface area contributed by atoms with Crippen LogP contribution in [0.4, 0.5) is 21.1 Å². The van der Waals surface area contributed by atoms with E-state index in [0.29, 0.717) is 25.3 Å². The van der Waals surface area contributed by atoms with Crippen LogP contribution in [0.25, 0.3) is 0 Å². The Morgan fingerprint density at radius 1 is 1.07 bits per heavy atom. The Morgan fingerprint density at radius 3 is 2.37 bits per heavy atom. The molecule has 0 bridgehead atoms. The molecule has 0 aliphatic carbocycles. The monoisotopic (exact) mass is 418 g/mol. The lowest BCUT2D eigenvalue weighted by Gasteiger charge is -2.35. The zero-order valence-corrected chi connectivity index (χ0v) is 18.3. The van der Waals surface area contributed by atoms with E-state index in [0.717, 1.165) is 38.5 Å². The van der Waals surface area contributed by atoms with Crippen molar-refractivity contribution in [2.24, 2.45) is 0 Å². The van der Waals surface area contributed by atoms with Gasteiger partial charge in [-0.1, -0.05) is 0 Å². The van der Waals surface area contributed by atoms with Crippen LogP contribution in [-0.2, 0) is 4.74 Å². The Kier molecular flexibility index (Phi) is 7.36. The summed E-state index contributed by atoms with van der Waals surface area (Å²) in [4.78, 5) is 34.9. The summed E-state index contributed by atoms with van der Waals surface area (Å²) in [5.74, 6) is 0.962. The molecule has 0 saturated carbocycles. The van der Waals surface area contributed by atoms with Crippen molar-refractivity contribution in [2.45, 2.75) is 39.2 Å². The maximum atomic E-state index is 12.1. The van der Waals surface area contributed by atoms with E-state index in [-0.39, 0.29) is 12.1 Å². The van der Waals surface area contributed by atoms with Crippen LogP contribution in [0.3, 0.4) is 0 Å². The molecular formula is C21H34N6O3. The average molecular weight is 419 g/mol. The minimum atomic E-state index is -0.477. The zero-order chi connectivity index (χ0) is 21.6. The van der Waals surface area contributed by atoms with Gasteiger partial charge in [0.25, 0.3) is 0 Å². The first-order valence-electron chi connectivity index (χ1n) is 10.8. The quantitative estimate of drug-likeness (QED) is 0.763. The highest BCUT2D eigenvalue weighted by molar-refractivity contribution is 5.89. The summed E-state index contributed by atoms with van der Waals surface area (Å²) >= 11 is 0. The minimum Gasteiger partial charge on any atom is -0.444 e. The number of hydrogen-bond donors (Lipinski definition) is 2. The third-order valence-electron chi connectivity index (χ3n) is 5.17. The molecule has 2 fully saturated rings. The van der Waals surface area contributed by atoms with Crippen LogP contribution in [-0.4, -0.2) is 84.9 Å². The lowest BCUT2D eigenvalue weighted by molar-refractivity contribution is 0.0147. The van der Waals surface area contributed by atoms with Crippen molar-refractivity contribution < 1.29 is 14.3 Å². The first kappa shape index (κ1) is 22.1.